The van der Waals surface area contributed by atoms with Crippen molar-refractivity contribution < 1.29 is 24.0 Å². The number of fused-ring (bicyclic) bond motifs is 1. The van der Waals surface area contributed by atoms with Crippen molar-refractivity contribution in [2.75, 3.05) is 31.1 Å². The first-order chi connectivity index (χ1) is 15.5. The molecule has 0 saturated carbocycles. The van der Waals surface area contributed by atoms with Gasteiger partial charge < -0.3 is 9.64 Å². The van der Waals surface area contributed by atoms with Crippen LogP contribution in [0.15, 0.2) is 42.5 Å². The van der Waals surface area contributed by atoms with E-state index < -0.39 is 22.7 Å². The molecule has 0 unspecified atom stereocenters. The number of nitro benzene ring substituents is 1. The lowest BCUT2D eigenvalue weighted by Gasteiger charge is -2.22. The Morgan fingerprint density at radius 3 is 2.19 bits per heavy atom. The van der Waals surface area contributed by atoms with Gasteiger partial charge in [0.25, 0.3) is 17.5 Å². The number of hydrogen-bond acceptors (Lipinski definition) is 7. The molecule has 0 bridgehead atoms. The molecular formula is C23H23N3O6. The zero-order chi connectivity index (χ0) is 22.7. The van der Waals surface area contributed by atoms with Crippen LogP contribution in [-0.4, -0.2) is 53.8 Å². The monoisotopic (exact) mass is 437 g/mol. The molecule has 9 nitrogen and oxygen atoms in total. The quantitative estimate of drug-likeness (QED) is 0.295. The van der Waals surface area contributed by atoms with Gasteiger partial charge in [-0.2, -0.15) is 0 Å². The lowest BCUT2D eigenvalue weighted by molar-refractivity contribution is -0.384. The number of amides is 2. The van der Waals surface area contributed by atoms with Gasteiger partial charge in [0, 0.05) is 19.2 Å². The van der Waals surface area contributed by atoms with E-state index in [1.165, 1.54) is 12.1 Å². The fourth-order valence-electron chi connectivity index (χ4n) is 4.13. The Hall–Kier alpha value is -3.75. The molecule has 166 valence electrons. The molecule has 1 saturated heterocycles. The van der Waals surface area contributed by atoms with E-state index in [-0.39, 0.29) is 24.4 Å². The summed E-state index contributed by atoms with van der Waals surface area (Å²) in [6, 6.07) is 10.8. The van der Waals surface area contributed by atoms with Crippen molar-refractivity contribution in [2.45, 2.75) is 25.7 Å². The van der Waals surface area contributed by atoms with Gasteiger partial charge in [-0.3, -0.25) is 24.6 Å². The Labute approximate surface area is 184 Å². The molecule has 2 amide bonds. The van der Waals surface area contributed by atoms with Crippen LogP contribution in [0.4, 0.5) is 11.4 Å². The Balaban J connectivity index is 1.41. The average Bonchev–Trinajstić information content (AvgIpc) is 2.99. The molecule has 1 fully saturated rings. The van der Waals surface area contributed by atoms with Crippen LogP contribution in [0, 0.1) is 10.1 Å². The highest BCUT2D eigenvalue weighted by atomic mass is 16.6. The maximum absolute atomic E-state index is 12.5. The van der Waals surface area contributed by atoms with Crippen molar-refractivity contribution in [2.24, 2.45) is 0 Å². The molecule has 0 aliphatic carbocycles. The molecule has 2 aromatic carbocycles. The van der Waals surface area contributed by atoms with E-state index >= 15 is 0 Å². The molecule has 2 aliphatic rings. The topological polar surface area (TPSA) is 110 Å². The lowest BCUT2D eigenvalue weighted by atomic mass is 10.1. The fourth-order valence-corrected chi connectivity index (χ4v) is 4.13. The lowest BCUT2D eigenvalue weighted by Crippen LogP contribution is -2.33. The summed E-state index contributed by atoms with van der Waals surface area (Å²) < 4.78 is 5.20. The minimum atomic E-state index is -0.743. The Morgan fingerprint density at radius 1 is 0.969 bits per heavy atom. The Bertz CT molecular complexity index is 1040. The van der Waals surface area contributed by atoms with Gasteiger partial charge in [-0.15, -0.1) is 0 Å². The van der Waals surface area contributed by atoms with Crippen LogP contribution >= 0.6 is 0 Å². The molecule has 0 spiro atoms. The third-order valence-corrected chi connectivity index (χ3v) is 5.78. The summed E-state index contributed by atoms with van der Waals surface area (Å²) >= 11 is 0. The van der Waals surface area contributed by atoms with E-state index in [1.807, 2.05) is 4.90 Å². The van der Waals surface area contributed by atoms with Crippen LogP contribution < -0.4 is 4.90 Å². The third kappa shape index (κ3) is 4.18. The van der Waals surface area contributed by atoms with Gasteiger partial charge in [-0.05, 0) is 37.1 Å². The zero-order valence-corrected chi connectivity index (χ0v) is 17.5. The van der Waals surface area contributed by atoms with Crippen LogP contribution in [0.5, 0.6) is 0 Å². The van der Waals surface area contributed by atoms with Crippen LogP contribution in [0.1, 0.15) is 56.8 Å². The van der Waals surface area contributed by atoms with Crippen molar-refractivity contribution in [3.8, 4) is 0 Å². The van der Waals surface area contributed by atoms with Crippen LogP contribution in [0.3, 0.4) is 0 Å². The van der Waals surface area contributed by atoms with Gasteiger partial charge in [-0.1, -0.05) is 25.0 Å². The summed E-state index contributed by atoms with van der Waals surface area (Å²) in [5, 5.41) is 11.6. The van der Waals surface area contributed by atoms with Gasteiger partial charge in [0.05, 0.1) is 28.2 Å². The van der Waals surface area contributed by atoms with Crippen molar-refractivity contribution in [1.82, 2.24) is 4.90 Å². The molecule has 0 N–H and O–H groups in total. The molecule has 2 heterocycles. The number of carbonyl (C=O) groups is 3. The molecule has 32 heavy (non-hydrogen) atoms. The predicted molar refractivity (Wildman–Crippen MR) is 116 cm³/mol. The van der Waals surface area contributed by atoms with E-state index in [2.05, 4.69) is 0 Å². The first-order valence-corrected chi connectivity index (χ1v) is 10.6. The van der Waals surface area contributed by atoms with E-state index in [4.69, 9.17) is 4.74 Å². The smallest absolute Gasteiger partial charge is 0.338 e. The number of imide groups is 1. The number of nitro groups is 1. The highest BCUT2D eigenvalue weighted by Gasteiger charge is 2.35. The highest BCUT2D eigenvalue weighted by Crippen LogP contribution is 2.31. The summed E-state index contributed by atoms with van der Waals surface area (Å²) in [5.74, 6) is -1.61. The molecular weight excluding hydrogens is 414 g/mol. The van der Waals surface area contributed by atoms with E-state index in [0.717, 1.165) is 43.7 Å². The molecule has 0 aromatic heterocycles. The summed E-state index contributed by atoms with van der Waals surface area (Å²) in [7, 11) is 0. The SMILES string of the molecule is O=C(OCCN1C(=O)c2ccccc2C1=O)c1ccc(N2CCCCCC2)c([N+](=O)[O-])c1. The van der Waals surface area contributed by atoms with Crippen LogP contribution in [0.25, 0.3) is 0 Å². The molecule has 0 atom stereocenters. The minimum absolute atomic E-state index is 0.0534. The fraction of sp³-hybridized carbons (Fsp3) is 0.348. The van der Waals surface area contributed by atoms with Gasteiger partial charge in [-0.25, -0.2) is 4.79 Å². The van der Waals surface area contributed by atoms with E-state index in [0.29, 0.717) is 16.8 Å². The number of rotatable bonds is 6. The van der Waals surface area contributed by atoms with Crippen molar-refractivity contribution >= 4 is 29.2 Å². The van der Waals surface area contributed by atoms with Crippen molar-refractivity contribution in [3.63, 3.8) is 0 Å². The van der Waals surface area contributed by atoms with Gasteiger partial charge in [0.15, 0.2) is 0 Å². The van der Waals surface area contributed by atoms with E-state index in [1.54, 1.807) is 30.3 Å². The van der Waals surface area contributed by atoms with Crippen molar-refractivity contribution in [3.05, 3.63) is 69.3 Å². The Kier molecular flexibility index (Phi) is 6.16. The summed E-state index contributed by atoms with van der Waals surface area (Å²) in [6.45, 7) is 1.19. The number of benzene rings is 2. The van der Waals surface area contributed by atoms with Crippen LogP contribution in [0.2, 0.25) is 0 Å². The molecule has 2 aromatic rings. The molecule has 4 rings (SSSR count). The first-order valence-electron chi connectivity index (χ1n) is 10.6. The maximum atomic E-state index is 12.5. The average molecular weight is 437 g/mol. The summed E-state index contributed by atoms with van der Waals surface area (Å²) in [6.07, 6.45) is 4.14. The standard InChI is InChI=1S/C23H23N3O6/c27-21-17-7-3-4-8-18(17)22(28)25(21)13-14-32-23(29)16-9-10-19(20(15-16)26(30)31)24-11-5-1-2-6-12-24/h3-4,7-10,15H,1-2,5-6,11-14H2. The van der Waals surface area contributed by atoms with Gasteiger partial charge >= 0.3 is 5.97 Å². The molecule has 9 heteroatoms. The number of hydrogen-bond donors (Lipinski definition) is 0. The minimum Gasteiger partial charge on any atom is -0.460 e. The third-order valence-electron chi connectivity index (χ3n) is 5.78. The summed E-state index contributed by atoms with van der Waals surface area (Å²) in [5.41, 5.74) is 1.06. The second-order valence-electron chi connectivity index (χ2n) is 7.81. The second kappa shape index (κ2) is 9.17. The molecule has 0 radical (unpaired) electrons. The van der Waals surface area contributed by atoms with Crippen molar-refractivity contribution in [1.29, 1.82) is 0 Å². The van der Waals surface area contributed by atoms with Crippen LogP contribution in [-0.2, 0) is 4.74 Å². The number of ether oxygens (including phenoxy) is 1. The number of anilines is 1. The number of carbonyl (C=O) groups excluding carboxylic acids is 3. The zero-order valence-electron chi connectivity index (χ0n) is 17.5. The number of esters is 1. The largest absolute Gasteiger partial charge is 0.460 e. The highest BCUT2D eigenvalue weighted by molar-refractivity contribution is 6.21. The van der Waals surface area contributed by atoms with E-state index in [9.17, 15) is 24.5 Å². The second-order valence-corrected chi connectivity index (χ2v) is 7.81. The predicted octanol–water partition coefficient (Wildman–Crippen LogP) is 3.43. The van der Waals surface area contributed by atoms with Gasteiger partial charge in [0.2, 0.25) is 0 Å². The van der Waals surface area contributed by atoms with Gasteiger partial charge in [0.1, 0.15) is 12.3 Å². The molecule has 2 aliphatic heterocycles. The first kappa shape index (κ1) is 21.5. The maximum Gasteiger partial charge on any atom is 0.338 e. The number of nitrogens with zero attached hydrogens (tertiary/aromatic N) is 3. The normalized spacial score (nSPS) is 16.0. The Morgan fingerprint density at radius 2 is 1.59 bits per heavy atom. The summed E-state index contributed by atoms with van der Waals surface area (Å²) in [4.78, 5) is 51.4.